The van der Waals surface area contributed by atoms with Crippen molar-refractivity contribution in [2.75, 3.05) is 37.6 Å². The van der Waals surface area contributed by atoms with E-state index in [2.05, 4.69) is 4.72 Å². The lowest BCUT2D eigenvalue weighted by Crippen LogP contribution is -2.43. The van der Waals surface area contributed by atoms with Gasteiger partial charge in [0, 0.05) is 29.9 Å². The predicted octanol–water partition coefficient (Wildman–Crippen LogP) is 2.23. The zero-order chi connectivity index (χ0) is 23.6. The summed E-state index contributed by atoms with van der Waals surface area (Å²) in [6.07, 6.45) is 0. The molecule has 0 bridgehead atoms. The number of anilines is 1. The van der Waals surface area contributed by atoms with Crippen LogP contribution in [0.2, 0.25) is 0 Å². The van der Waals surface area contributed by atoms with Crippen molar-refractivity contribution in [3.63, 3.8) is 0 Å². The van der Waals surface area contributed by atoms with E-state index in [1.165, 1.54) is 36.4 Å². The van der Waals surface area contributed by atoms with Crippen LogP contribution in [0.25, 0.3) is 0 Å². The van der Waals surface area contributed by atoms with Crippen LogP contribution in [0.3, 0.4) is 0 Å². The number of nitrogens with zero attached hydrogens (tertiary/aromatic N) is 1. The normalized spacial score (nSPS) is 16.5. The molecule has 2 aromatic carbocycles. The van der Waals surface area contributed by atoms with Crippen molar-refractivity contribution in [3.8, 4) is 0 Å². The van der Waals surface area contributed by atoms with Gasteiger partial charge in [-0.15, -0.1) is 0 Å². The molecule has 1 aliphatic heterocycles. The number of carbonyl (C=O) groups excluding carboxylic acids is 3. The van der Waals surface area contributed by atoms with E-state index in [1.54, 1.807) is 24.0 Å². The highest BCUT2D eigenvalue weighted by Gasteiger charge is 2.41. The molecule has 0 spiro atoms. The van der Waals surface area contributed by atoms with Gasteiger partial charge in [-0.1, -0.05) is 24.3 Å². The second-order valence-electron chi connectivity index (χ2n) is 7.38. The maximum atomic E-state index is 13.4. The smallest absolute Gasteiger partial charge is 0.338 e. The summed E-state index contributed by atoms with van der Waals surface area (Å²) in [5.74, 6) is -1.80. The summed E-state index contributed by atoms with van der Waals surface area (Å²) in [5.41, 5.74) is 0.443. The number of allylic oxidation sites excluding steroid dienone is 2. The third-order valence-electron chi connectivity index (χ3n) is 5.30. The van der Waals surface area contributed by atoms with Gasteiger partial charge in [0.05, 0.1) is 25.4 Å². The van der Waals surface area contributed by atoms with Gasteiger partial charge in [-0.05, 0) is 31.2 Å². The first-order chi connectivity index (χ1) is 15.8. The number of Topliss-reactive ketones (excluding diaryl/α,β-unsaturated/α-hetero) is 2. The van der Waals surface area contributed by atoms with Crippen molar-refractivity contribution >= 4 is 33.2 Å². The Hall–Kier alpha value is -3.50. The van der Waals surface area contributed by atoms with E-state index in [0.29, 0.717) is 13.2 Å². The van der Waals surface area contributed by atoms with E-state index in [4.69, 9.17) is 9.47 Å². The Balaban J connectivity index is 1.74. The number of rotatable bonds is 6. The molecular weight excluding hydrogens is 448 g/mol. The van der Waals surface area contributed by atoms with Gasteiger partial charge in [0.2, 0.25) is 11.6 Å². The maximum absolute atomic E-state index is 13.4. The van der Waals surface area contributed by atoms with Gasteiger partial charge in [0.1, 0.15) is 5.70 Å². The minimum absolute atomic E-state index is 0.0394. The summed E-state index contributed by atoms with van der Waals surface area (Å²) in [6, 6.07) is 11.8. The molecule has 2 aliphatic rings. The van der Waals surface area contributed by atoms with E-state index < -0.39 is 32.5 Å². The average molecular weight is 471 g/mol. The zero-order valence-corrected chi connectivity index (χ0v) is 18.7. The van der Waals surface area contributed by atoms with Gasteiger partial charge < -0.3 is 14.4 Å². The molecule has 0 unspecified atom stereocenters. The van der Waals surface area contributed by atoms with Crippen molar-refractivity contribution in [1.82, 2.24) is 4.90 Å². The predicted molar refractivity (Wildman–Crippen MR) is 119 cm³/mol. The lowest BCUT2D eigenvalue weighted by molar-refractivity contribution is 0.0498. The molecular formula is C23H22N2O7S. The number of ketones is 2. The van der Waals surface area contributed by atoms with Gasteiger partial charge in [0.15, 0.2) is 4.91 Å². The highest BCUT2D eigenvalue weighted by molar-refractivity contribution is 7.97. The number of carbonyl (C=O) groups is 3. The number of ether oxygens (including phenoxy) is 2. The Bertz CT molecular complexity index is 1240. The van der Waals surface area contributed by atoms with Crippen LogP contribution in [0.4, 0.5) is 5.69 Å². The number of sulfonamides is 1. The van der Waals surface area contributed by atoms with Gasteiger partial charge >= 0.3 is 5.97 Å². The quantitative estimate of drug-likeness (QED) is 0.639. The number of fused-ring (bicyclic) bond motifs is 1. The van der Waals surface area contributed by atoms with E-state index in [-0.39, 0.29) is 47.8 Å². The molecule has 1 N–H and O–H groups in total. The van der Waals surface area contributed by atoms with Crippen molar-refractivity contribution < 1.29 is 32.3 Å². The first-order valence-electron chi connectivity index (χ1n) is 10.4. The van der Waals surface area contributed by atoms with E-state index >= 15 is 0 Å². The molecule has 0 atom stereocenters. The Labute approximate surface area is 191 Å². The van der Waals surface area contributed by atoms with Crippen LogP contribution >= 0.6 is 0 Å². The minimum Gasteiger partial charge on any atom is -0.462 e. The first kappa shape index (κ1) is 22.7. The highest BCUT2D eigenvalue weighted by atomic mass is 32.2. The van der Waals surface area contributed by atoms with Crippen LogP contribution < -0.4 is 4.72 Å². The molecule has 0 radical (unpaired) electrons. The van der Waals surface area contributed by atoms with Crippen molar-refractivity contribution in [1.29, 1.82) is 0 Å². The number of esters is 1. The van der Waals surface area contributed by atoms with Crippen LogP contribution in [-0.2, 0) is 19.5 Å². The molecule has 172 valence electrons. The fourth-order valence-corrected chi connectivity index (χ4v) is 5.14. The summed E-state index contributed by atoms with van der Waals surface area (Å²) in [7, 11) is -4.44. The number of benzene rings is 2. The van der Waals surface area contributed by atoms with Crippen molar-refractivity contribution in [3.05, 3.63) is 75.8 Å². The standard InChI is InChI=1S/C23H22N2O7S/c1-2-32-23(28)15-7-9-16(10-8-15)24-33(29,30)22-19(25-11-13-31-14-12-25)20(26)17-5-3-4-6-18(17)21(22)27/h3-10,24H,2,11-14H2,1H3. The molecule has 10 heteroatoms. The van der Waals surface area contributed by atoms with Crippen LogP contribution in [0, 0.1) is 0 Å². The SMILES string of the molecule is CCOC(=O)c1ccc(NS(=O)(=O)C2=C(N3CCOCC3)C(=O)c3ccccc3C2=O)cc1. The zero-order valence-electron chi connectivity index (χ0n) is 17.9. The summed E-state index contributed by atoms with van der Waals surface area (Å²) in [5, 5.41) is 0. The fourth-order valence-electron chi connectivity index (χ4n) is 3.76. The lowest BCUT2D eigenvalue weighted by Gasteiger charge is -2.33. The Morgan fingerprint density at radius 1 is 1.00 bits per heavy atom. The second kappa shape index (κ2) is 9.16. The molecule has 4 rings (SSSR count). The minimum atomic E-state index is -4.44. The molecule has 9 nitrogen and oxygen atoms in total. The van der Waals surface area contributed by atoms with Crippen LogP contribution in [0.5, 0.6) is 0 Å². The average Bonchev–Trinajstić information content (AvgIpc) is 2.82. The maximum Gasteiger partial charge on any atom is 0.338 e. The van der Waals surface area contributed by atoms with E-state index in [0.717, 1.165) is 0 Å². The number of hydrogen-bond donors (Lipinski definition) is 1. The molecule has 2 aromatic rings. The molecule has 1 fully saturated rings. The molecule has 1 aliphatic carbocycles. The van der Waals surface area contributed by atoms with Gasteiger partial charge in [-0.3, -0.25) is 14.3 Å². The summed E-state index contributed by atoms with van der Waals surface area (Å²) in [4.78, 5) is 39.5. The third-order valence-corrected chi connectivity index (χ3v) is 6.72. The third kappa shape index (κ3) is 4.39. The Kier molecular flexibility index (Phi) is 6.30. The topological polar surface area (TPSA) is 119 Å². The molecule has 0 amide bonds. The molecule has 0 saturated carbocycles. The van der Waals surface area contributed by atoms with Gasteiger partial charge in [-0.25, -0.2) is 13.2 Å². The van der Waals surface area contributed by atoms with Crippen molar-refractivity contribution in [2.45, 2.75) is 6.92 Å². The lowest BCUT2D eigenvalue weighted by atomic mass is 9.91. The Morgan fingerprint density at radius 3 is 2.21 bits per heavy atom. The van der Waals surface area contributed by atoms with E-state index in [9.17, 15) is 22.8 Å². The molecule has 0 aromatic heterocycles. The number of hydrogen-bond acceptors (Lipinski definition) is 8. The van der Waals surface area contributed by atoms with Crippen LogP contribution in [-0.4, -0.2) is 63.8 Å². The molecule has 1 heterocycles. The molecule has 1 saturated heterocycles. The van der Waals surface area contributed by atoms with Gasteiger partial charge in [0.25, 0.3) is 10.0 Å². The molecule has 33 heavy (non-hydrogen) atoms. The number of morpholine rings is 1. The fraction of sp³-hybridized carbons (Fsp3) is 0.261. The largest absolute Gasteiger partial charge is 0.462 e. The van der Waals surface area contributed by atoms with Crippen LogP contribution in [0.15, 0.2) is 59.1 Å². The second-order valence-corrected chi connectivity index (χ2v) is 9.00. The summed E-state index contributed by atoms with van der Waals surface area (Å²) in [6.45, 7) is 3.07. The summed E-state index contributed by atoms with van der Waals surface area (Å²) >= 11 is 0. The number of nitrogens with one attached hydrogen (secondary N) is 1. The van der Waals surface area contributed by atoms with Gasteiger partial charge in [-0.2, -0.15) is 0 Å². The summed E-state index contributed by atoms with van der Waals surface area (Å²) < 4.78 is 39.4. The first-order valence-corrected chi connectivity index (χ1v) is 11.9. The van der Waals surface area contributed by atoms with Crippen LogP contribution in [0.1, 0.15) is 38.0 Å². The Morgan fingerprint density at radius 2 is 1.61 bits per heavy atom. The highest BCUT2D eigenvalue weighted by Crippen LogP contribution is 2.32. The monoisotopic (exact) mass is 470 g/mol. The van der Waals surface area contributed by atoms with E-state index in [1.807, 2.05) is 0 Å². The van der Waals surface area contributed by atoms with Crippen molar-refractivity contribution in [2.24, 2.45) is 0 Å².